The normalized spacial score (nSPS) is 13.9. The van der Waals surface area contributed by atoms with Gasteiger partial charge in [0.15, 0.2) is 5.82 Å². The van der Waals surface area contributed by atoms with Gasteiger partial charge in [-0.2, -0.15) is 0 Å². The van der Waals surface area contributed by atoms with E-state index in [1.54, 1.807) is 30.7 Å². The number of aromatic nitrogens is 6. The highest BCUT2D eigenvalue weighted by Crippen LogP contribution is 2.20. The average molecular weight is 469 g/mol. The molecule has 5 rings (SSSR count). The van der Waals surface area contributed by atoms with Crippen molar-refractivity contribution in [2.75, 3.05) is 18.4 Å². The zero-order valence-corrected chi connectivity index (χ0v) is 19.2. The molecular formula is C25H24N8O2. The zero-order valence-electron chi connectivity index (χ0n) is 19.2. The van der Waals surface area contributed by atoms with Crippen molar-refractivity contribution in [2.24, 2.45) is 5.92 Å². The number of carbonyl (C=O) groups is 1. The van der Waals surface area contributed by atoms with E-state index < -0.39 is 5.97 Å². The zero-order chi connectivity index (χ0) is 24.2. The molecule has 1 fully saturated rings. The van der Waals surface area contributed by atoms with Crippen LogP contribution in [0.4, 0.5) is 11.6 Å². The van der Waals surface area contributed by atoms with Gasteiger partial charge in [0.05, 0.1) is 5.92 Å². The molecule has 0 spiro atoms. The minimum atomic E-state index is -0.733. The number of carboxylic acid groups (broad SMARTS) is 1. The van der Waals surface area contributed by atoms with Gasteiger partial charge in [0.2, 0.25) is 0 Å². The van der Waals surface area contributed by atoms with Crippen LogP contribution in [0.2, 0.25) is 0 Å². The van der Waals surface area contributed by atoms with Crippen LogP contribution in [-0.2, 0) is 17.8 Å². The maximum atomic E-state index is 11.0. The number of anilines is 2. The monoisotopic (exact) mass is 468 g/mol. The van der Waals surface area contributed by atoms with Gasteiger partial charge < -0.3 is 10.4 Å². The summed E-state index contributed by atoms with van der Waals surface area (Å²) in [5, 5.41) is 12.3. The number of nitrogens with zero attached hydrogens (tertiary/aromatic N) is 7. The van der Waals surface area contributed by atoms with E-state index in [9.17, 15) is 4.79 Å². The molecule has 10 nitrogen and oxygen atoms in total. The molecular weight excluding hydrogens is 444 g/mol. The summed E-state index contributed by atoms with van der Waals surface area (Å²) in [5.41, 5.74) is 3.64. The van der Waals surface area contributed by atoms with Gasteiger partial charge in [-0.15, -0.1) is 0 Å². The topological polar surface area (TPSA) is 130 Å². The van der Waals surface area contributed by atoms with Crippen LogP contribution in [-0.4, -0.2) is 59.0 Å². The van der Waals surface area contributed by atoms with Crippen molar-refractivity contribution in [3.8, 4) is 11.5 Å². The maximum Gasteiger partial charge on any atom is 0.309 e. The molecule has 0 bridgehead atoms. The smallest absolute Gasteiger partial charge is 0.309 e. The van der Waals surface area contributed by atoms with Gasteiger partial charge in [-0.25, -0.2) is 24.9 Å². The molecule has 5 heterocycles. The molecule has 10 heteroatoms. The molecule has 0 aliphatic carbocycles. The Balaban J connectivity index is 1.25. The molecule has 35 heavy (non-hydrogen) atoms. The molecule has 0 amide bonds. The third-order valence-corrected chi connectivity index (χ3v) is 5.66. The van der Waals surface area contributed by atoms with Crippen molar-refractivity contribution >= 4 is 17.6 Å². The lowest BCUT2D eigenvalue weighted by Crippen LogP contribution is -2.49. The highest BCUT2D eigenvalue weighted by molar-refractivity contribution is 5.71. The number of pyridine rings is 2. The summed E-state index contributed by atoms with van der Waals surface area (Å²) < 4.78 is 0. The molecule has 0 saturated carbocycles. The lowest BCUT2D eigenvalue weighted by atomic mass is 9.99. The second-order valence-corrected chi connectivity index (χ2v) is 8.52. The highest BCUT2D eigenvalue weighted by atomic mass is 16.4. The predicted octanol–water partition coefficient (Wildman–Crippen LogP) is 2.88. The maximum absolute atomic E-state index is 11.0. The van der Waals surface area contributed by atoms with E-state index in [1.807, 2.05) is 31.3 Å². The quantitative estimate of drug-likeness (QED) is 0.398. The number of likely N-dealkylation sites (tertiary alicyclic amines) is 1. The molecule has 0 atom stereocenters. The SMILES string of the molecule is Cc1cccc(-c2nccc(Nc3ccnc(Cc4cncc(CN5CC(C(=O)O)C5)c4)n3)n2)n1. The van der Waals surface area contributed by atoms with Gasteiger partial charge in [0.1, 0.15) is 23.2 Å². The fraction of sp³-hybridized carbons (Fsp3) is 0.240. The van der Waals surface area contributed by atoms with E-state index in [0.29, 0.717) is 55.0 Å². The van der Waals surface area contributed by atoms with E-state index in [0.717, 1.165) is 16.8 Å². The van der Waals surface area contributed by atoms with Gasteiger partial charge in [-0.05, 0) is 42.3 Å². The molecule has 1 aliphatic rings. The van der Waals surface area contributed by atoms with Crippen molar-refractivity contribution < 1.29 is 9.90 Å². The van der Waals surface area contributed by atoms with Crippen LogP contribution >= 0.6 is 0 Å². The van der Waals surface area contributed by atoms with Crippen molar-refractivity contribution in [2.45, 2.75) is 19.9 Å². The van der Waals surface area contributed by atoms with E-state index in [4.69, 9.17) is 5.11 Å². The summed E-state index contributed by atoms with van der Waals surface area (Å²) >= 11 is 0. The fourth-order valence-corrected chi connectivity index (χ4v) is 3.92. The van der Waals surface area contributed by atoms with E-state index >= 15 is 0 Å². The van der Waals surface area contributed by atoms with E-state index in [2.05, 4.69) is 46.2 Å². The average Bonchev–Trinajstić information content (AvgIpc) is 2.82. The summed E-state index contributed by atoms with van der Waals surface area (Å²) in [5.74, 6) is 1.42. The Hall–Kier alpha value is -4.31. The number of hydrogen-bond acceptors (Lipinski definition) is 9. The third kappa shape index (κ3) is 5.61. The Morgan fingerprint density at radius 2 is 1.80 bits per heavy atom. The van der Waals surface area contributed by atoms with Gasteiger partial charge in [0, 0.05) is 56.5 Å². The first-order valence-electron chi connectivity index (χ1n) is 11.3. The number of hydrogen-bond donors (Lipinski definition) is 2. The van der Waals surface area contributed by atoms with E-state index in [-0.39, 0.29) is 5.92 Å². The highest BCUT2D eigenvalue weighted by Gasteiger charge is 2.32. The second-order valence-electron chi connectivity index (χ2n) is 8.52. The Morgan fingerprint density at radius 1 is 1.03 bits per heavy atom. The van der Waals surface area contributed by atoms with Crippen molar-refractivity contribution in [1.29, 1.82) is 0 Å². The Kier molecular flexibility index (Phi) is 6.36. The standard InChI is InChI=1S/C25H24N8O2/c1-16-3-2-4-20(29-16)24-28-8-6-22(32-24)30-21-5-7-27-23(31-21)10-17-9-18(12-26-11-17)13-33-14-19(15-33)25(34)35/h2-9,11-12,19H,10,13-15H2,1H3,(H,34,35)(H,27,28,30,31,32). The molecule has 4 aromatic heterocycles. The van der Waals surface area contributed by atoms with Crippen LogP contribution in [0.5, 0.6) is 0 Å². The van der Waals surface area contributed by atoms with E-state index in [1.165, 1.54) is 0 Å². The Labute approximate surface area is 202 Å². The molecule has 0 unspecified atom stereocenters. The summed E-state index contributed by atoms with van der Waals surface area (Å²) in [4.78, 5) is 39.9. The van der Waals surface area contributed by atoms with Gasteiger partial charge in [0.25, 0.3) is 0 Å². The summed E-state index contributed by atoms with van der Waals surface area (Å²) in [6.45, 7) is 3.75. The fourth-order valence-electron chi connectivity index (χ4n) is 3.92. The second kappa shape index (κ2) is 9.90. The summed E-state index contributed by atoms with van der Waals surface area (Å²) in [6, 6.07) is 11.4. The molecule has 4 aromatic rings. The molecule has 176 valence electrons. The van der Waals surface area contributed by atoms with Crippen LogP contribution in [0.3, 0.4) is 0 Å². The lowest BCUT2D eigenvalue weighted by Gasteiger charge is -2.36. The molecule has 1 saturated heterocycles. The molecule has 1 aliphatic heterocycles. The molecule has 2 N–H and O–H groups in total. The minimum Gasteiger partial charge on any atom is -0.481 e. The number of aryl methyl sites for hydroxylation is 1. The number of carboxylic acids is 1. The first-order chi connectivity index (χ1) is 17.0. The van der Waals surface area contributed by atoms with Crippen molar-refractivity contribution in [3.63, 3.8) is 0 Å². The predicted molar refractivity (Wildman–Crippen MR) is 129 cm³/mol. The number of rotatable bonds is 8. The van der Waals surface area contributed by atoms with Crippen molar-refractivity contribution in [1.82, 2.24) is 34.8 Å². The van der Waals surface area contributed by atoms with Gasteiger partial charge in [-0.3, -0.25) is 14.7 Å². The largest absolute Gasteiger partial charge is 0.481 e. The minimum absolute atomic E-state index is 0.270. The van der Waals surface area contributed by atoms with Gasteiger partial charge in [-0.1, -0.05) is 12.1 Å². The first-order valence-corrected chi connectivity index (χ1v) is 11.3. The van der Waals surface area contributed by atoms with Crippen LogP contribution in [0, 0.1) is 12.8 Å². The number of nitrogens with one attached hydrogen (secondary N) is 1. The molecule has 0 radical (unpaired) electrons. The van der Waals surface area contributed by atoms with Gasteiger partial charge >= 0.3 is 5.97 Å². The molecule has 0 aromatic carbocycles. The van der Waals surface area contributed by atoms with Crippen LogP contribution in [0.15, 0.2) is 61.2 Å². The van der Waals surface area contributed by atoms with Crippen LogP contribution < -0.4 is 5.32 Å². The Morgan fingerprint density at radius 3 is 2.60 bits per heavy atom. The number of aliphatic carboxylic acids is 1. The first kappa shape index (κ1) is 22.5. The third-order valence-electron chi connectivity index (χ3n) is 5.66. The van der Waals surface area contributed by atoms with Crippen LogP contribution in [0.25, 0.3) is 11.5 Å². The summed E-state index contributed by atoms with van der Waals surface area (Å²) in [7, 11) is 0. The lowest BCUT2D eigenvalue weighted by molar-refractivity contribution is -0.147. The van der Waals surface area contributed by atoms with Crippen molar-refractivity contribution in [3.05, 3.63) is 83.8 Å². The van der Waals surface area contributed by atoms with Crippen LogP contribution in [0.1, 0.15) is 22.6 Å². The Bertz CT molecular complexity index is 1360. The summed E-state index contributed by atoms with van der Waals surface area (Å²) in [6.07, 6.45) is 7.53.